The van der Waals surface area contributed by atoms with Gasteiger partial charge in [-0.05, 0) is 61.9 Å². The van der Waals surface area contributed by atoms with Crippen molar-refractivity contribution >= 4 is 6.08 Å². The van der Waals surface area contributed by atoms with Crippen molar-refractivity contribution in [2.45, 2.75) is 58.5 Å². The molecule has 1 heterocycles. The van der Waals surface area contributed by atoms with Crippen LogP contribution in [-0.2, 0) is 4.74 Å². The molecule has 174 valence electrons. The lowest BCUT2D eigenvalue weighted by atomic mass is 10.0. The van der Waals surface area contributed by atoms with Gasteiger partial charge in [0.2, 0.25) is 0 Å². The number of aromatic hydroxyl groups is 1. The third-order valence-corrected chi connectivity index (χ3v) is 5.67. The van der Waals surface area contributed by atoms with Gasteiger partial charge >= 0.3 is 0 Å². The largest absolute Gasteiger partial charge is 0.508 e. The maximum atomic E-state index is 14.1. The Labute approximate surface area is 197 Å². The number of pyridine rings is 1. The number of halogens is 1. The third-order valence-electron chi connectivity index (χ3n) is 5.67. The van der Waals surface area contributed by atoms with Crippen molar-refractivity contribution in [2.75, 3.05) is 6.61 Å². The fourth-order valence-corrected chi connectivity index (χ4v) is 3.70. The van der Waals surface area contributed by atoms with Gasteiger partial charge in [0.1, 0.15) is 11.6 Å². The Morgan fingerprint density at radius 3 is 2.48 bits per heavy atom. The van der Waals surface area contributed by atoms with Crippen LogP contribution in [0.15, 0.2) is 66.9 Å². The molecule has 3 nitrogen and oxygen atoms in total. The van der Waals surface area contributed by atoms with E-state index in [2.05, 4.69) is 37.0 Å². The number of phenols is 1. The van der Waals surface area contributed by atoms with Gasteiger partial charge in [-0.25, -0.2) is 4.39 Å². The quantitative estimate of drug-likeness (QED) is 0.286. The van der Waals surface area contributed by atoms with E-state index in [9.17, 15) is 9.50 Å². The highest BCUT2D eigenvalue weighted by atomic mass is 19.1. The molecule has 0 aliphatic carbocycles. The third kappa shape index (κ3) is 7.83. The highest BCUT2D eigenvalue weighted by Gasteiger charge is 2.07. The zero-order valence-corrected chi connectivity index (χ0v) is 19.6. The zero-order valence-electron chi connectivity index (χ0n) is 19.6. The first-order valence-electron chi connectivity index (χ1n) is 11.9. The number of benzene rings is 2. The second-order valence-corrected chi connectivity index (χ2v) is 8.44. The number of hydrogen-bond donors (Lipinski definition) is 1. The van der Waals surface area contributed by atoms with Gasteiger partial charge in [0.15, 0.2) is 0 Å². The summed E-state index contributed by atoms with van der Waals surface area (Å²) in [4.78, 5) is 4.58. The molecule has 3 aromatic rings. The summed E-state index contributed by atoms with van der Waals surface area (Å²) in [5.41, 5.74) is 4.15. The van der Waals surface area contributed by atoms with Crippen molar-refractivity contribution in [1.29, 1.82) is 0 Å². The first-order valence-corrected chi connectivity index (χ1v) is 11.9. The Morgan fingerprint density at radius 2 is 1.79 bits per heavy atom. The predicted octanol–water partition coefficient (Wildman–Crippen LogP) is 8.04. The summed E-state index contributed by atoms with van der Waals surface area (Å²) in [7, 11) is 0. The van der Waals surface area contributed by atoms with Gasteiger partial charge in [0, 0.05) is 30.0 Å². The standard InChI is InChI=1S/C29H34FNO2/c1-3-4-8-19-33-22(2)9-6-5-7-10-23-11-18-29(31-21-23)25-14-12-24(13-15-25)27-17-16-26(32)20-28(27)30/h7,10-18,20-22,32H,3-6,8-9,19H2,1-2H3. The first-order chi connectivity index (χ1) is 16.1. The van der Waals surface area contributed by atoms with Gasteiger partial charge in [-0.1, -0.05) is 62.2 Å². The number of phenolic OH excluding ortho intramolecular Hbond substituents is 1. The van der Waals surface area contributed by atoms with E-state index in [4.69, 9.17) is 4.74 Å². The Kier molecular flexibility index (Phi) is 9.64. The van der Waals surface area contributed by atoms with Gasteiger partial charge in [0.05, 0.1) is 11.8 Å². The van der Waals surface area contributed by atoms with Gasteiger partial charge < -0.3 is 9.84 Å². The lowest BCUT2D eigenvalue weighted by Crippen LogP contribution is -2.08. The van der Waals surface area contributed by atoms with Crippen molar-refractivity contribution in [3.8, 4) is 28.1 Å². The Balaban J connectivity index is 1.48. The smallest absolute Gasteiger partial charge is 0.134 e. The van der Waals surface area contributed by atoms with E-state index in [0.717, 1.165) is 60.7 Å². The molecule has 0 saturated carbocycles. The van der Waals surface area contributed by atoms with Crippen LogP contribution in [0.4, 0.5) is 4.39 Å². The van der Waals surface area contributed by atoms with Crippen LogP contribution >= 0.6 is 0 Å². The summed E-state index contributed by atoms with van der Waals surface area (Å²) < 4.78 is 19.9. The lowest BCUT2D eigenvalue weighted by molar-refractivity contribution is 0.0566. The summed E-state index contributed by atoms with van der Waals surface area (Å²) in [6.45, 7) is 5.24. The van der Waals surface area contributed by atoms with Crippen LogP contribution in [-0.4, -0.2) is 22.8 Å². The SMILES string of the molecule is CCCCCOC(C)CCCC=Cc1ccc(-c2ccc(-c3ccc(O)cc3F)cc2)nc1. The minimum absolute atomic E-state index is 0.0763. The molecule has 0 fully saturated rings. The van der Waals surface area contributed by atoms with E-state index < -0.39 is 5.82 Å². The number of unbranched alkanes of at least 4 members (excludes halogenated alkanes) is 3. The predicted molar refractivity (Wildman–Crippen MR) is 135 cm³/mol. The number of ether oxygens (including phenoxy) is 1. The molecule has 0 saturated heterocycles. The molecular formula is C29H34FNO2. The Morgan fingerprint density at radius 1 is 1.00 bits per heavy atom. The van der Waals surface area contributed by atoms with Crippen LogP contribution in [0.5, 0.6) is 5.75 Å². The average molecular weight is 448 g/mol. The average Bonchev–Trinajstić information content (AvgIpc) is 2.82. The fraction of sp³-hybridized carbons (Fsp3) is 0.345. The summed E-state index contributed by atoms with van der Waals surface area (Å²) in [5, 5.41) is 9.39. The van der Waals surface area contributed by atoms with E-state index in [1.165, 1.54) is 18.9 Å². The van der Waals surface area contributed by atoms with Crippen molar-refractivity contribution in [2.24, 2.45) is 0 Å². The number of rotatable bonds is 12. The molecule has 0 aliphatic heterocycles. The molecule has 0 aliphatic rings. The molecule has 1 unspecified atom stereocenters. The van der Waals surface area contributed by atoms with E-state index in [1.807, 2.05) is 36.5 Å². The van der Waals surface area contributed by atoms with Crippen LogP contribution in [0, 0.1) is 5.82 Å². The first kappa shape index (κ1) is 24.7. The minimum atomic E-state index is -0.439. The summed E-state index contributed by atoms with van der Waals surface area (Å²) in [6.07, 6.45) is 13.4. The molecule has 2 aromatic carbocycles. The van der Waals surface area contributed by atoms with Crippen LogP contribution in [0.2, 0.25) is 0 Å². The summed E-state index contributed by atoms with van der Waals surface area (Å²) in [6, 6.07) is 15.9. The van der Waals surface area contributed by atoms with Crippen LogP contribution < -0.4 is 0 Å². The monoisotopic (exact) mass is 447 g/mol. The molecule has 0 bridgehead atoms. The van der Waals surface area contributed by atoms with Gasteiger partial charge in [-0.3, -0.25) is 4.98 Å². The summed E-state index contributed by atoms with van der Waals surface area (Å²) >= 11 is 0. The van der Waals surface area contributed by atoms with E-state index in [0.29, 0.717) is 11.7 Å². The minimum Gasteiger partial charge on any atom is -0.508 e. The second-order valence-electron chi connectivity index (χ2n) is 8.44. The Bertz CT molecular complexity index is 1010. The fourth-order valence-electron chi connectivity index (χ4n) is 3.70. The highest BCUT2D eigenvalue weighted by molar-refractivity contribution is 5.70. The number of hydrogen-bond acceptors (Lipinski definition) is 3. The zero-order chi connectivity index (χ0) is 23.5. The molecule has 1 N–H and O–H groups in total. The Hall–Kier alpha value is -2.98. The lowest BCUT2D eigenvalue weighted by Gasteiger charge is -2.11. The van der Waals surface area contributed by atoms with Gasteiger partial charge in [-0.2, -0.15) is 0 Å². The topological polar surface area (TPSA) is 42.4 Å². The molecular weight excluding hydrogens is 413 g/mol. The van der Waals surface area contributed by atoms with Crippen LogP contribution in [0.3, 0.4) is 0 Å². The summed E-state index contributed by atoms with van der Waals surface area (Å²) in [5.74, 6) is -0.515. The second kappa shape index (κ2) is 12.9. The van der Waals surface area contributed by atoms with Gasteiger partial charge in [-0.15, -0.1) is 0 Å². The molecule has 3 rings (SSSR count). The normalized spacial score (nSPS) is 12.3. The van der Waals surface area contributed by atoms with Crippen molar-refractivity contribution in [3.05, 3.63) is 78.3 Å². The van der Waals surface area contributed by atoms with Crippen LogP contribution in [0.25, 0.3) is 28.5 Å². The molecule has 1 atom stereocenters. The maximum absolute atomic E-state index is 14.1. The van der Waals surface area contributed by atoms with Crippen molar-refractivity contribution < 1.29 is 14.2 Å². The highest BCUT2D eigenvalue weighted by Crippen LogP contribution is 2.28. The van der Waals surface area contributed by atoms with E-state index in [-0.39, 0.29) is 5.75 Å². The molecule has 0 amide bonds. The van der Waals surface area contributed by atoms with E-state index >= 15 is 0 Å². The van der Waals surface area contributed by atoms with Gasteiger partial charge in [0.25, 0.3) is 0 Å². The van der Waals surface area contributed by atoms with E-state index in [1.54, 1.807) is 6.07 Å². The maximum Gasteiger partial charge on any atom is 0.134 e. The van der Waals surface area contributed by atoms with Crippen molar-refractivity contribution in [3.63, 3.8) is 0 Å². The number of allylic oxidation sites excluding steroid dienone is 1. The number of aromatic nitrogens is 1. The van der Waals surface area contributed by atoms with Crippen LogP contribution in [0.1, 0.15) is 57.9 Å². The molecule has 33 heavy (non-hydrogen) atoms. The molecule has 4 heteroatoms. The molecule has 0 spiro atoms. The molecule has 1 aromatic heterocycles. The van der Waals surface area contributed by atoms with Crippen molar-refractivity contribution in [1.82, 2.24) is 4.98 Å². The number of nitrogens with zero attached hydrogens (tertiary/aromatic N) is 1. The molecule has 0 radical (unpaired) electrons.